The molecule has 0 fully saturated rings. The van der Waals surface area contributed by atoms with Crippen molar-refractivity contribution in [1.82, 2.24) is 5.32 Å². The molecule has 0 bridgehead atoms. The summed E-state index contributed by atoms with van der Waals surface area (Å²) in [6.07, 6.45) is 0.678. The number of rotatable bonds is 10. The topological polar surface area (TPSA) is 109 Å². The number of hydrogen-bond donors (Lipinski definition) is 1. The van der Waals surface area contributed by atoms with Crippen LogP contribution in [0.2, 0.25) is 0 Å². The van der Waals surface area contributed by atoms with Crippen molar-refractivity contribution in [2.24, 2.45) is 0 Å². The number of ether oxygens (including phenoxy) is 1. The van der Waals surface area contributed by atoms with Gasteiger partial charge in [-0.2, -0.15) is 11.8 Å². The van der Waals surface area contributed by atoms with Crippen molar-refractivity contribution >= 4 is 34.6 Å². The Morgan fingerprint density at radius 1 is 1.16 bits per heavy atom. The number of aryl methyl sites for hydroxylation is 1. The molecule has 1 N–H and O–H groups in total. The molecule has 3 aromatic rings. The average Bonchev–Trinajstić information content (AvgIpc) is 2.76. The highest BCUT2D eigenvalue weighted by Crippen LogP contribution is 2.23. The number of carbonyl (C=O) groups is 2. The second-order valence-corrected chi connectivity index (χ2v) is 7.86. The number of amides is 1. The third-order valence-electron chi connectivity index (χ3n) is 4.57. The normalized spacial score (nSPS) is 11.8. The standard InChI is InChI=1S/C23H23NO6S/c1-2-16-10-22(26)30-20-11-17(8-9-18(16)20)29-12-21(25)24-19(23(27)28)14-31-13-15-6-4-3-5-7-15/h3-11,19H,2,12-14H2,1H3,(H,24,25)(H,27,28)/p-1/t19-/m0/s1. The van der Waals surface area contributed by atoms with E-state index in [1.807, 2.05) is 37.3 Å². The summed E-state index contributed by atoms with van der Waals surface area (Å²) in [6.45, 7) is 1.56. The first kappa shape index (κ1) is 22.4. The molecule has 8 heteroatoms. The molecule has 0 saturated carbocycles. The van der Waals surface area contributed by atoms with Gasteiger partial charge in [-0.1, -0.05) is 37.3 Å². The highest BCUT2D eigenvalue weighted by atomic mass is 32.2. The first-order chi connectivity index (χ1) is 15.0. The number of fused-ring (bicyclic) bond motifs is 1. The molecule has 162 valence electrons. The van der Waals surface area contributed by atoms with Crippen molar-refractivity contribution in [1.29, 1.82) is 0 Å². The van der Waals surface area contributed by atoms with Gasteiger partial charge in [-0.15, -0.1) is 0 Å². The van der Waals surface area contributed by atoms with E-state index in [9.17, 15) is 19.5 Å². The van der Waals surface area contributed by atoms with Gasteiger partial charge in [-0.25, -0.2) is 4.79 Å². The zero-order valence-corrected chi connectivity index (χ0v) is 17.8. The quantitative estimate of drug-likeness (QED) is 0.480. The van der Waals surface area contributed by atoms with Gasteiger partial charge in [-0.3, -0.25) is 4.79 Å². The van der Waals surface area contributed by atoms with Gasteiger partial charge in [0.25, 0.3) is 5.91 Å². The van der Waals surface area contributed by atoms with E-state index in [4.69, 9.17) is 9.15 Å². The molecule has 0 saturated heterocycles. The molecule has 0 spiro atoms. The minimum absolute atomic E-state index is 0.171. The summed E-state index contributed by atoms with van der Waals surface area (Å²) >= 11 is 1.39. The zero-order chi connectivity index (χ0) is 22.2. The second kappa shape index (κ2) is 10.7. The summed E-state index contributed by atoms with van der Waals surface area (Å²) in [6, 6.07) is 14.9. The van der Waals surface area contributed by atoms with Gasteiger partial charge in [0.05, 0.1) is 12.0 Å². The van der Waals surface area contributed by atoms with Gasteiger partial charge < -0.3 is 24.4 Å². The smallest absolute Gasteiger partial charge is 0.336 e. The minimum Gasteiger partial charge on any atom is -0.548 e. The van der Waals surface area contributed by atoms with Crippen LogP contribution in [0, 0.1) is 0 Å². The number of hydrogen-bond acceptors (Lipinski definition) is 7. The molecule has 1 heterocycles. The molecule has 1 atom stereocenters. The van der Waals surface area contributed by atoms with E-state index in [0.717, 1.165) is 16.5 Å². The molecule has 31 heavy (non-hydrogen) atoms. The van der Waals surface area contributed by atoms with Crippen LogP contribution in [0.1, 0.15) is 18.1 Å². The molecular weight excluding hydrogens is 418 g/mol. The van der Waals surface area contributed by atoms with E-state index in [1.165, 1.54) is 23.9 Å². The molecule has 0 radical (unpaired) electrons. The Labute approximate surface area is 183 Å². The van der Waals surface area contributed by atoms with Crippen molar-refractivity contribution in [2.75, 3.05) is 12.4 Å². The third kappa shape index (κ3) is 6.36. The van der Waals surface area contributed by atoms with E-state index >= 15 is 0 Å². The molecule has 1 aromatic heterocycles. The SMILES string of the molecule is CCc1cc(=O)oc2cc(OCC(=O)N[C@@H](CSCc3ccccc3)C(=O)[O-])ccc12. The molecule has 1 amide bonds. The van der Waals surface area contributed by atoms with Crippen LogP contribution < -0.4 is 20.8 Å². The predicted molar refractivity (Wildman–Crippen MR) is 117 cm³/mol. The van der Waals surface area contributed by atoms with Crippen LogP contribution >= 0.6 is 11.8 Å². The molecule has 0 aliphatic carbocycles. The lowest BCUT2D eigenvalue weighted by Crippen LogP contribution is -2.50. The maximum Gasteiger partial charge on any atom is 0.336 e. The van der Waals surface area contributed by atoms with Gasteiger partial charge in [-0.05, 0) is 29.7 Å². The van der Waals surface area contributed by atoms with Gasteiger partial charge in [0.15, 0.2) is 6.61 Å². The van der Waals surface area contributed by atoms with E-state index in [-0.39, 0.29) is 12.4 Å². The average molecular weight is 440 g/mol. The van der Waals surface area contributed by atoms with Crippen LogP contribution in [0.5, 0.6) is 5.75 Å². The predicted octanol–water partition coefficient (Wildman–Crippen LogP) is 1.90. The Balaban J connectivity index is 1.55. The maximum atomic E-state index is 12.2. The fourth-order valence-corrected chi connectivity index (χ4v) is 4.02. The number of benzene rings is 2. The Hall–Kier alpha value is -3.26. The fraction of sp³-hybridized carbons (Fsp3) is 0.261. The van der Waals surface area contributed by atoms with Crippen LogP contribution in [0.15, 0.2) is 63.8 Å². The summed E-state index contributed by atoms with van der Waals surface area (Å²) in [5.74, 6) is -0.808. The fourth-order valence-electron chi connectivity index (χ4n) is 3.01. The number of carboxylic acid groups (broad SMARTS) is 1. The summed E-state index contributed by atoms with van der Waals surface area (Å²) in [5, 5.41) is 14.6. The molecule has 0 aliphatic rings. The Morgan fingerprint density at radius 3 is 2.65 bits per heavy atom. The number of carbonyl (C=O) groups excluding carboxylic acids is 2. The van der Waals surface area contributed by atoms with Gasteiger partial charge >= 0.3 is 5.63 Å². The highest BCUT2D eigenvalue weighted by molar-refractivity contribution is 7.98. The molecule has 0 aliphatic heterocycles. The Bertz CT molecular complexity index is 1110. The lowest BCUT2D eigenvalue weighted by molar-refractivity contribution is -0.307. The van der Waals surface area contributed by atoms with Crippen molar-refractivity contribution in [2.45, 2.75) is 25.1 Å². The summed E-state index contributed by atoms with van der Waals surface area (Å²) in [4.78, 5) is 35.2. The molecule has 2 aromatic carbocycles. The summed E-state index contributed by atoms with van der Waals surface area (Å²) < 4.78 is 10.7. The van der Waals surface area contributed by atoms with Crippen LogP contribution in [0.4, 0.5) is 0 Å². The molecular formula is C23H22NO6S-. The van der Waals surface area contributed by atoms with Crippen LogP contribution in [0.25, 0.3) is 11.0 Å². The first-order valence-corrected chi connectivity index (χ1v) is 10.9. The second-order valence-electron chi connectivity index (χ2n) is 6.83. The van der Waals surface area contributed by atoms with E-state index in [0.29, 0.717) is 23.5 Å². The monoisotopic (exact) mass is 440 g/mol. The molecule has 3 rings (SSSR count). The van der Waals surface area contributed by atoms with Crippen molar-refractivity contribution in [3.63, 3.8) is 0 Å². The van der Waals surface area contributed by atoms with Gasteiger partial charge in [0, 0.05) is 29.0 Å². The maximum absolute atomic E-state index is 12.2. The molecule has 7 nitrogen and oxygen atoms in total. The molecule has 0 unspecified atom stereocenters. The largest absolute Gasteiger partial charge is 0.548 e. The zero-order valence-electron chi connectivity index (χ0n) is 17.0. The van der Waals surface area contributed by atoms with Crippen LogP contribution in [-0.2, 0) is 21.8 Å². The van der Waals surface area contributed by atoms with Crippen molar-refractivity contribution in [3.8, 4) is 5.75 Å². The van der Waals surface area contributed by atoms with Crippen LogP contribution in [-0.4, -0.2) is 30.3 Å². The van der Waals surface area contributed by atoms with Gasteiger partial charge in [0.2, 0.25) is 0 Å². The minimum atomic E-state index is -1.35. The number of nitrogens with one attached hydrogen (secondary N) is 1. The number of carboxylic acids is 1. The third-order valence-corrected chi connectivity index (χ3v) is 5.67. The number of aliphatic carboxylic acids is 1. The van der Waals surface area contributed by atoms with E-state index in [2.05, 4.69) is 5.32 Å². The van der Waals surface area contributed by atoms with E-state index < -0.39 is 23.5 Å². The van der Waals surface area contributed by atoms with E-state index in [1.54, 1.807) is 12.1 Å². The Kier molecular flexibility index (Phi) is 7.72. The summed E-state index contributed by atoms with van der Waals surface area (Å²) in [7, 11) is 0. The lowest BCUT2D eigenvalue weighted by Gasteiger charge is -2.19. The van der Waals surface area contributed by atoms with Crippen molar-refractivity contribution in [3.05, 3.63) is 76.1 Å². The lowest BCUT2D eigenvalue weighted by atomic mass is 10.1. The Morgan fingerprint density at radius 2 is 1.94 bits per heavy atom. The van der Waals surface area contributed by atoms with Gasteiger partial charge in [0.1, 0.15) is 11.3 Å². The number of thioether (sulfide) groups is 1. The first-order valence-electron chi connectivity index (χ1n) is 9.77. The van der Waals surface area contributed by atoms with Crippen LogP contribution in [0.3, 0.4) is 0 Å². The van der Waals surface area contributed by atoms with Crippen molar-refractivity contribution < 1.29 is 23.8 Å². The summed E-state index contributed by atoms with van der Waals surface area (Å²) in [5.41, 5.74) is 1.84. The highest BCUT2D eigenvalue weighted by Gasteiger charge is 2.15.